The van der Waals surface area contributed by atoms with Crippen LogP contribution in [0.4, 0.5) is 5.13 Å². The number of amides is 2. The van der Waals surface area contributed by atoms with E-state index in [4.69, 9.17) is 9.62 Å². The molecule has 9 nitrogen and oxygen atoms in total. The van der Waals surface area contributed by atoms with Gasteiger partial charge in [0.15, 0.2) is 5.13 Å². The molecule has 0 radical (unpaired) electrons. The van der Waals surface area contributed by atoms with E-state index in [0.717, 1.165) is 9.97 Å². The Morgan fingerprint density at radius 2 is 1.83 bits per heavy atom. The molecular weight excluding hydrogens is 426 g/mol. The van der Waals surface area contributed by atoms with E-state index in [-0.39, 0.29) is 17.7 Å². The fourth-order valence-electron chi connectivity index (χ4n) is 2.35. The molecule has 2 rings (SSSR count). The van der Waals surface area contributed by atoms with Gasteiger partial charge in [0.25, 0.3) is 0 Å². The van der Waals surface area contributed by atoms with Crippen molar-refractivity contribution in [2.24, 2.45) is 0 Å². The Hall–Kier alpha value is -1.95. The van der Waals surface area contributed by atoms with Crippen LogP contribution in [0.15, 0.2) is 21.0 Å². The summed E-state index contributed by atoms with van der Waals surface area (Å²) in [5.41, 5.74) is 1.53. The zero-order valence-corrected chi connectivity index (χ0v) is 19.1. The highest BCUT2D eigenvalue weighted by Gasteiger charge is 2.19. The van der Waals surface area contributed by atoms with Gasteiger partial charge in [-0.05, 0) is 25.9 Å². The van der Waals surface area contributed by atoms with Crippen LogP contribution in [0.3, 0.4) is 0 Å². The lowest BCUT2D eigenvalue weighted by molar-refractivity contribution is -0.129. The van der Waals surface area contributed by atoms with Crippen molar-refractivity contribution in [3.8, 4) is 0 Å². The van der Waals surface area contributed by atoms with Crippen LogP contribution in [0, 0.1) is 0 Å². The van der Waals surface area contributed by atoms with Gasteiger partial charge >= 0.3 is 0 Å². The number of rotatable bonds is 12. The van der Waals surface area contributed by atoms with Crippen molar-refractivity contribution >= 4 is 40.0 Å². The molecule has 0 fully saturated rings. The van der Waals surface area contributed by atoms with Crippen molar-refractivity contribution < 1.29 is 19.2 Å². The molecule has 0 unspecified atom stereocenters. The molecule has 0 spiro atoms. The van der Waals surface area contributed by atoms with Crippen LogP contribution in [-0.4, -0.2) is 40.1 Å². The van der Waals surface area contributed by atoms with E-state index < -0.39 is 5.91 Å². The summed E-state index contributed by atoms with van der Waals surface area (Å²) in [7, 11) is 0. The minimum atomic E-state index is -0.396. The number of carbonyl (C=O) groups excluding carboxylic acids is 2. The highest BCUT2D eigenvalue weighted by Crippen LogP contribution is 2.31. The molecule has 0 aliphatic rings. The molecule has 0 aliphatic heterocycles. The van der Waals surface area contributed by atoms with E-state index in [0.29, 0.717) is 49.1 Å². The van der Waals surface area contributed by atoms with Crippen LogP contribution in [0.1, 0.15) is 58.1 Å². The average molecular weight is 456 g/mol. The fourth-order valence-corrected chi connectivity index (χ4v) is 4.09. The maximum Gasteiger partial charge on any atom is 0.243 e. The lowest BCUT2D eigenvalue weighted by Crippen LogP contribution is -2.22. The first-order valence-corrected chi connectivity index (χ1v) is 11.6. The third-order valence-electron chi connectivity index (χ3n) is 4.00. The number of oxazole rings is 1. The van der Waals surface area contributed by atoms with E-state index in [1.165, 1.54) is 11.3 Å². The monoisotopic (exact) mass is 455 g/mol. The molecule has 166 valence electrons. The number of hydrogen-bond donors (Lipinski definition) is 4. The topological polar surface area (TPSA) is 129 Å². The molecule has 4 N–H and O–H groups in total. The highest BCUT2D eigenvalue weighted by atomic mass is 32.2. The largest absolute Gasteiger partial charge is 0.444 e. The van der Waals surface area contributed by atoms with Gasteiger partial charge in [-0.1, -0.05) is 32.1 Å². The van der Waals surface area contributed by atoms with Crippen molar-refractivity contribution in [3.63, 3.8) is 0 Å². The van der Waals surface area contributed by atoms with Crippen LogP contribution >= 0.6 is 23.1 Å². The molecule has 0 atom stereocenters. The molecule has 0 aromatic carbocycles. The number of nitrogens with zero attached hydrogens (tertiary/aromatic N) is 2. The van der Waals surface area contributed by atoms with Gasteiger partial charge < -0.3 is 15.1 Å². The van der Waals surface area contributed by atoms with Crippen LogP contribution < -0.4 is 16.1 Å². The van der Waals surface area contributed by atoms with Gasteiger partial charge in [0.05, 0.1) is 22.4 Å². The van der Waals surface area contributed by atoms with Crippen molar-refractivity contribution in [2.75, 3.05) is 18.4 Å². The Bertz CT molecular complexity index is 816. The Morgan fingerprint density at radius 3 is 2.47 bits per heavy atom. The Labute approximate surface area is 184 Å². The molecule has 30 heavy (non-hydrogen) atoms. The van der Waals surface area contributed by atoms with Gasteiger partial charge in [-0.3, -0.25) is 14.8 Å². The fraction of sp³-hybridized carbons (Fsp3) is 0.579. The van der Waals surface area contributed by atoms with Crippen LogP contribution in [0.5, 0.6) is 0 Å². The van der Waals surface area contributed by atoms with Gasteiger partial charge in [-0.2, -0.15) is 0 Å². The Kier molecular flexibility index (Phi) is 9.76. The smallest absolute Gasteiger partial charge is 0.243 e. The summed E-state index contributed by atoms with van der Waals surface area (Å²) in [5.74, 6) is 1.67. The number of aromatic nitrogens is 2. The molecular formula is C19H29N5O4S2. The normalized spacial score (nSPS) is 11.5. The van der Waals surface area contributed by atoms with Gasteiger partial charge in [0, 0.05) is 18.3 Å². The van der Waals surface area contributed by atoms with E-state index in [1.54, 1.807) is 29.6 Å². The number of thioether (sulfide) groups is 1. The molecule has 11 heteroatoms. The average Bonchev–Trinajstić information content (AvgIpc) is 3.34. The molecule has 2 amide bonds. The second-order valence-electron chi connectivity index (χ2n) is 7.68. The van der Waals surface area contributed by atoms with Crippen LogP contribution in [-0.2, 0) is 20.8 Å². The summed E-state index contributed by atoms with van der Waals surface area (Å²) in [5, 5.41) is 14.9. The second-order valence-corrected chi connectivity index (χ2v) is 9.99. The lowest BCUT2D eigenvalue weighted by atomic mass is 9.94. The highest BCUT2D eigenvalue weighted by molar-refractivity contribution is 8.00. The van der Waals surface area contributed by atoms with Gasteiger partial charge in [0.2, 0.25) is 17.7 Å². The van der Waals surface area contributed by atoms with Crippen LogP contribution in [0.25, 0.3) is 0 Å². The van der Waals surface area contributed by atoms with Gasteiger partial charge in [-0.15, -0.1) is 11.8 Å². The summed E-state index contributed by atoms with van der Waals surface area (Å²) < 4.78 is 6.76. The maximum atomic E-state index is 12.0. The third-order valence-corrected chi connectivity index (χ3v) is 6.09. The van der Waals surface area contributed by atoms with Crippen molar-refractivity contribution in [1.29, 1.82) is 0 Å². The number of anilines is 1. The summed E-state index contributed by atoms with van der Waals surface area (Å²) in [6, 6.07) is 0. The van der Waals surface area contributed by atoms with Gasteiger partial charge in [0.1, 0.15) is 5.76 Å². The number of thiazole rings is 1. The van der Waals surface area contributed by atoms with Gasteiger partial charge in [-0.25, -0.2) is 15.4 Å². The zero-order valence-electron chi connectivity index (χ0n) is 17.5. The summed E-state index contributed by atoms with van der Waals surface area (Å²) in [6.07, 6.45) is 5.48. The summed E-state index contributed by atoms with van der Waals surface area (Å²) in [4.78, 5) is 31.5. The minimum absolute atomic E-state index is 0.0657. The zero-order chi connectivity index (χ0) is 22.0. The van der Waals surface area contributed by atoms with Crippen molar-refractivity contribution in [1.82, 2.24) is 20.8 Å². The molecule has 2 aromatic heterocycles. The Balaban J connectivity index is 1.62. The third kappa shape index (κ3) is 8.82. The standard InChI is InChI=1S/C19H29N5O4S2/c1-19(2,3)13-10-21-16(28-13)12-29-17-11-22-18(30-17)23-14(25)6-4-8-20-9-5-7-15(26)24-27/h10-11,20,27H,4-9,12H2,1-3H3,(H,24,26)(H,22,23,25). The quantitative estimate of drug-likeness (QED) is 0.166. The predicted molar refractivity (Wildman–Crippen MR) is 117 cm³/mol. The first-order chi connectivity index (χ1) is 14.3. The summed E-state index contributed by atoms with van der Waals surface area (Å²) >= 11 is 3.00. The maximum absolute atomic E-state index is 12.0. The first-order valence-electron chi connectivity index (χ1n) is 9.75. The van der Waals surface area contributed by atoms with E-state index in [2.05, 4.69) is 41.4 Å². The van der Waals surface area contributed by atoms with E-state index >= 15 is 0 Å². The molecule has 2 aromatic rings. The van der Waals surface area contributed by atoms with Crippen molar-refractivity contribution in [3.05, 3.63) is 24.0 Å². The molecule has 0 saturated carbocycles. The number of hydrogen-bond acceptors (Lipinski definition) is 9. The minimum Gasteiger partial charge on any atom is -0.444 e. The number of carbonyl (C=O) groups is 2. The Morgan fingerprint density at radius 1 is 1.13 bits per heavy atom. The number of nitrogens with one attached hydrogen (secondary N) is 3. The van der Waals surface area contributed by atoms with E-state index in [1.807, 2.05) is 0 Å². The van der Waals surface area contributed by atoms with Crippen molar-refractivity contribution in [2.45, 2.75) is 61.8 Å². The molecule has 2 heterocycles. The molecule has 0 bridgehead atoms. The second kappa shape index (κ2) is 12.0. The molecule has 0 saturated heterocycles. The van der Waals surface area contributed by atoms with Crippen LogP contribution in [0.2, 0.25) is 0 Å². The number of hydroxylamine groups is 1. The van der Waals surface area contributed by atoms with E-state index in [9.17, 15) is 9.59 Å². The lowest BCUT2D eigenvalue weighted by Gasteiger charge is -2.12. The molecule has 0 aliphatic carbocycles. The SMILES string of the molecule is CC(C)(C)c1cnc(CSc2cnc(NC(=O)CCCNCCCC(=O)NO)s2)o1. The predicted octanol–water partition coefficient (Wildman–Crippen LogP) is 3.31. The summed E-state index contributed by atoms with van der Waals surface area (Å²) in [6.45, 7) is 7.58. The first kappa shape index (κ1) is 24.3.